The molecule has 0 saturated heterocycles. The van der Waals surface area contributed by atoms with Gasteiger partial charge < -0.3 is 0 Å². The molecule has 0 N–H and O–H groups in total. The van der Waals surface area contributed by atoms with E-state index in [1.807, 2.05) is 61.5 Å². The number of hydrogen-bond acceptors (Lipinski definition) is 4. The maximum atomic E-state index is 11.4. The summed E-state index contributed by atoms with van der Waals surface area (Å²) in [7, 11) is 0. The zero-order chi connectivity index (χ0) is 15.5. The minimum atomic E-state index is -0.218. The average Bonchev–Trinajstić information content (AvgIpc) is 2.57. The van der Waals surface area contributed by atoms with Crippen molar-refractivity contribution in [2.75, 3.05) is 10.0 Å². The van der Waals surface area contributed by atoms with E-state index in [0.29, 0.717) is 6.42 Å². The molecule has 2 aromatic carbocycles. The quantitative estimate of drug-likeness (QED) is 0.626. The third kappa shape index (κ3) is 2.32. The van der Waals surface area contributed by atoms with Crippen molar-refractivity contribution in [2.24, 2.45) is 10.6 Å². The van der Waals surface area contributed by atoms with Crippen LogP contribution in [0.4, 0.5) is 11.4 Å². The number of rotatable bonds is 4. The lowest BCUT2D eigenvalue weighted by molar-refractivity contribution is 0.476. The molecule has 0 aromatic heterocycles. The molecule has 1 aliphatic heterocycles. The first-order valence-electron chi connectivity index (χ1n) is 7.15. The van der Waals surface area contributed by atoms with E-state index in [9.17, 15) is 9.81 Å². The van der Waals surface area contributed by atoms with Crippen molar-refractivity contribution in [1.29, 1.82) is 0 Å². The van der Waals surface area contributed by atoms with Gasteiger partial charge in [0.05, 0.1) is 34.0 Å². The van der Waals surface area contributed by atoms with E-state index < -0.39 is 0 Å². The summed E-state index contributed by atoms with van der Waals surface area (Å²) in [6.07, 6.45) is 0.587. The van der Waals surface area contributed by atoms with E-state index in [-0.39, 0.29) is 12.1 Å². The highest BCUT2D eigenvalue weighted by atomic mass is 16.3. The van der Waals surface area contributed by atoms with Crippen LogP contribution in [0.15, 0.2) is 65.2 Å². The molecule has 0 amide bonds. The number of fused-ring (bicyclic) bond motifs is 1. The predicted molar refractivity (Wildman–Crippen MR) is 86.3 cm³/mol. The zero-order valence-electron chi connectivity index (χ0n) is 12.2. The van der Waals surface area contributed by atoms with Crippen LogP contribution in [0.2, 0.25) is 0 Å². The summed E-state index contributed by atoms with van der Waals surface area (Å²) in [6, 6.07) is 16.5. The molecule has 0 fully saturated rings. The first-order valence-corrected chi connectivity index (χ1v) is 7.15. The lowest BCUT2D eigenvalue weighted by Gasteiger charge is -2.38. The summed E-state index contributed by atoms with van der Waals surface area (Å²) in [5, 5.41) is 9.27. The molecule has 1 aliphatic rings. The van der Waals surface area contributed by atoms with Crippen molar-refractivity contribution in [2.45, 2.75) is 25.4 Å². The van der Waals surface area contributed by atoms with Crippen LogP contribution >= 0.6 is 0 Å². The molecule has 112 valence electrons. The van der Waals surface area contributed by atoms with Gasteiger partial charge in [-0.3, -0.25) is 0 Å². The Balaban J connectivity index is 2.07. The summed E-state index contributed by atoms with van der Waals surface area (Å²) in [5.41, 5.74) is 2.34. The summed E-state index contributed by atoms with van der Waals surface area (Å²) < 4.78 is 0. The summed E-state index contributed by atoms with van der Waals surface area (Å²) in [5.74, 6) is 0. The van der Waals surface area contributed by atoms with Gasteiger partial charge in [-0.25, -0.2) is 10.0 Å². The van der Waals surface area contributed by atoms with Crippen LogP contribution in [0.3, 0.4) is 0 Å². The van der Waals surface area contributed by atoms with E-state index in [4.69, 9.17) is 0 Å². The van der Waals surface area contributed by atoms with Crippen LogP contribution in [-0.2, 0) is 0 Å². The van der Waals surface area contributed by atoms with Crippen LogP contribution in [-0.4, -0.2) is 6.04 Å². The molecule has 6 nitrogen and oxygen atoms in total. The highest BCUT2D eigenvalue weighted by molar-refractivity contribution is 5.60. The van der Waals surface area contributed by atoms with Crippen LogP contribution < -0.4 is 10.0 Å². The molecule has 3 rings (SSSR count). The Bertz CT molecular complexity index is 677. The van der Waals surface area contributed by atoms with Crippen molar-refractivity contribution >= 4 is 11.4 Å². The van der Waals surface area contributed by atoms with Crippen molar-refractivity contribution in [3.05, 3.63) is 70.0 Å². The first kappa shape index (κ1) is 14.2. The Hall–Kier alpha value is -2.76. The lowest BCUT2D eigenvalue weighted by Crippen LogP contribution is -2.39. The molecule has 2 aromatic rings. The van der Waals surface area contributed by atoms with Crippen LogP contribution in [0.25, 0.3) is 0 Å². The Morgan fingerprint density at radius 3 is 2.41 bits per heavy atom. The van der Waals surface area contributed by atoms with Gasteiger partial charge in [0, 0.05) is 5.56 Å². The third-order valence-corrected chi connectivity index (χ3v) is 4.02. The van der Waals surface area contributed by atoms with E-state index in [2.05, 4.69) is 10.6 Å². The molecule has 0 unspecified atom stereocenters. The summed E-state index contributed by atoms with van der Waals surface area (Å²) in [6.45, 7) is 1.91. The fourth-order valence-corrected chi connectivity index (χ4v) is 2.99. The monoisotopic (exact) mass is 296 g/mol. The number of nitroso groups, excluding NO2 is 2. The zero-order valence-corrected chi connectivity index (χ0v) is 12.2. The van der Waals surface area contributed by atoms with Gasteiger partial charge in [-0.15, -0.1) is 9.81 Å². The highest BCUT2D eigenvalue weighted by Crippen LogP contribution is 2.42. The lowest BCUT2D eigenvalue weighted by atomic mass is 9.92. The molecule has 0 radical (unpaired) electrons. The second kappa shape index (κ2) is 5.93. The molecule has 0 aliphatic carbocycles. The Morgan fingerprint density at radius 1 is 1.05 bits per heavy atom. The predicted octanol–water partition coefficient (Wildman–Crippen LogP) is 4.20. The number of anilines is 2. The van der Waals surface area contributed by atoms with E-state index in [0.717, 1.165) is 16.9 Å². The van der Waals surface area contributed by atoms with Gasteiger partial charge in [0.2, 0.25) is 0 Å². The molecule has 0 saturated carbocycles. The van der Waals surface area contributed by atoms with E-state index in [1.54, 1.807) is 0 Å². The van der Waals surface area contributed by atoms with Crippen molar-refractivity contribution in [3.63, 3.8) is 0 Å². The molecule has 0 bridgehead atoms. The smallest absolute Gasteiger partial charge is 0.0848 e. The molecule has 2 atom stereocenters. The van der Waals surface area contributed by atoms with Crippen molar-refractivity contribution < 1.29 is 0 Å². The number of hydrogen-bond donors (Lipinski definition) is 0. The van der Waals surface area contributed by atoms with E-state index >= 15 is 0 Å². The van der Waals surface area contributed by atoms with Gasteiger partial charge >= 0.3 is 0 Å². The fraction of sp³-hybridized carbons (Fsp3) is 0.250. The standard InChI is InChI=1S/C16H16N4O2/c1-12-11-16(20(18-22)13-7-3-2-4-8-13)14-9-5-6-10-15(14)19(12)17-21/h2-10,12,16H,11H2,1H3/t12-,16+/m1/s1. The maximum absolute atomic E-state index is 11.4. The highest BCUT2D eigenvalue weighted by Gasteiger charge is 2.35. The fourth-order valence-electron chi connectivity index (χ4n) is 2.99. The Labute approximate surface area is 128 Å². The molecule has 0 spiro atoms. The second-order valence-electron chi connectivity index (χ2n) is 5.35. The van der Waals surface area contributed by atoms with Crippen LogP contribution in [0, 0.1) is 9.81 Å². The van der Waals surface area contributed by atoms with Gasteiger partial charge in [0.25, 0.3) is 0 Å². The van der Waals surface area contributed by atoms with Gasteiger partial charge in [-0.05, 0) is 31.5 Å². The minimum absolute atomic E-state index is 0.106. The topological polar surface area (TPSA) is 65.3 Å². The minimum Gasteiger partial charge on any atom is -0.226 e. The van der Waals surface area contributed by atoms with Crippen molar-refractivity contribution in [3.8, 4) is 0 Å². The Morgan fingerprint density at radius 2 is 1.73 bits per heavy atom. The van der Waals surface area contributed by atoms with Crippen molar-refractivity contribution in [1.82, 2.24) is 0 Å². The second-order valence-corrected chi connectivity index (χ2v) is 5.35. The molecular formula is C16H16N4O2. The first-order chi connectivity index (χ1) is 10.8. The normalized spacial score (nSPS) is 20.1. The third-order valence-electron chi connectivity index (χ3n) is 4.02. The number of benzene rings is 2. The maximum Gasteiger partial charge on any atom is 0.0848 e. The molecule has 1 heterocycles. The molecule has 22 heavy (non-hydrogen) atoms. The number of para-hydroxylation sites is 2. The van der Waals surface area contributed by atoms with Crippen LogP contribution in [0.5, 0.6) is 0 Å². The van der Waals surface area contributed by atoms with Gasteiger partial charge in [0.1, 0.15) is 0 Å². The molecular weight excluding hydrogens is 280 g/mol. The van der Waals surface area contributed by atoms with Gasteiger partial charge in [-0.2, -0.15) is 0 Å². The van der Waals surface area contributed by atoms with Gasteiger partial charge in [-0.1, -0.05) is 36.4 Å². The van der Waals surface area contributed by atoms with Crippen LogP contribution in [0.1, 0.15) is 24.9 Å². The summed E-state index contributed by atoms with van der Waals surface area (Å²) >= 11 is 0. The average molecular weight is 296 g/mol. The van der Waals surface area contributed by atoms with Gasteiger partial charge in [0.15, 0.2) is 0 Å². The molecule has 6 heteroatoms. The SMILES string of the molecule is C[C@@H]1C[C@H](N(N=O)c2ccccc2)c2ccccc2N1N=O. The number of nitrogens with zero attached hydrogens (tertiary/aromatic N) is 4. The largest absolute Gasteiger partial charge is 0.226 e. The summed E-state index contributed by atoms with van der Waals surface area (Å²) in [4.78, 5) is 22.6. The Kier molecular flexibility index (Phi) is 3.82. The van der Waals surface area contributed by atoms with E-state index in [1.165, 1.54) is 10.0 Å².